The molecule has 144 valence electrons. The molecule has 26 heavy (non-hydrogen) atoms. The number of nitrogens with one attached hydrogen (secondary N) is 2. The van der Waals surface area contributed by atoms with Crippen LogP contribution in [0.5, 0.6) is 5.75 Å². The van der Waals surface area contributed by atoms with Crippen molar-refractivity contribution in [2.24, 2.45) is 4.99 Å². The van der Waals surface area contributed by atoms with Crippen LogP contribution in [0.3, 0.4) is 0 Å². The van der Waals surface area contributed by atoms with Gasteiger partial charge in [-0.15, -0.1) is 0 Å². The lowest BCUT2D eigenvalue weighted by Crippen LogP contribution is -2.47. The van der Waals surface area contributed by atoms with E-state index in [1.54, 1.807) is 6.08 Å². The molecule has 5 nitrogen and oxygen atoms in total. The summed E-state index contributed by atoms with van der Waals surface area (Å²) in [7, 11) is 0. The van der Waals surface area contributed by atoms with Crippen molar-refractivity contribution >= 4 is 17.7 Å². The Morgan fingerprint density at radius 1 is 1.35 bits per heavy atom. The average molecular weight is 378 g/mol. The second-order valence-electron chi connectivity index (χ2n) is 6.26. The number of hydrogen-bond donors (Lipinski definition) is 2. The molecule has 1 aliphatic rings. The molecule has 6 heteroatoms. The van der Waals surface area contributed by atoms with Gasteiger partial charge in [0.05, 0.1) is 6.54 Å². The fourth-order valence-electron chi connectivity index (χ4n) is 2.87. The highest BCUT2D eigenvalue weighted by molar-refractivity contribution is 8.00. The van der Waals surface area contributed by atoms with Crippen LogP contribution >= 0.6 is 11.8 Å². The molecule has 0 saturated carbocycles. The Morgan fingerprint density at radius 2 is 2.12 bits per heavy atom. The van der Waals surface area contributed by atoms with E-state index in [2.05, 4.69) is 30.4 Å². The Balaban J connectivity index is 2.01. The zero-order valence-electron chi connectivity index (χ0n) is 15.9. The predicted octanol–water partition coefficient (Wildman–Crippen LogP) is 3.22. The standard InChI is InChI=1S/C20H31N3O2S/c1-4-12-25-18-9-7-6-8-17(18)15-22-19(21-5-2)23-16-20(26-3)10-13-24-14-11-20/h4,6-9H,1,5,10-16H2,2-3H3,(H2,21,22,23). The van der Waals surface area contributed by atoms with Gasteiger partial charge >= 0.3 is 0 Å². The zero-order valence-corrected chi connectivity index (χ0v) is 16.7. The summed E-state index contributed by atoms with van der Waals surface area (Å²) >= 11 is 1.92. The molecular formula is C20H31N3O2S. The lowest BCUT2D eigenvalue weighted by Gasteiger charge is -2.36. The van der Waals surface area contributed by atoms with Crippen LogP contribution in [0, 0.1) is 0 Å². The first kappa shape index (κ1) is 20.6. The number of thioether (sulfide) groups is 1. The molecular weight excluding hydrogens is 346 g/mol. The van der Waals surface area contributed by atoms with Crippen LogP contribution in [0.25, 0.3) is 0 Å². The van der Waals surface area contributed by atoms with Crippen molar-refractivity contribution in [3.05, 3.63) is 42.5 Å². The highest BCUT2D eigenvalue weighted by Gasteiger charge is 2.31. The van der Waals surface area contributed by atoms with Gasteiger partial charge in [0, 0.05) is 36.6 Å². The third-order valence-corrected chi connectivity index (χ3v) is 5.91. The summed E-state index contributed by atoms with van der Waals surface area (Å²) in [5.41, 5.74) is 1.07. The third kappa shape index (κ3) is 6.25. The summed E-state index contributed by atoms with van der Waals surface area (Å²) in [6.45, 7) is 10.2. The summed E-state index contributed by atoms with van der Waals surface area (Å²) in [6, 6.07) is 8.01. The second-order valence-corrected chi connectivity index (χ2v) is 7.53. The Bertz CT molecular complexity index is 586. The van der Waals surface area contributed by atoms with E-state index in [0.717, 1.165) is 56.4 Å². The van der Waals surface area contributed by atoms with Crippen molar-refractivity contribution in [3.8, 4) is 5.75 Å². The van der Waals surface area contributed by atoms with E-state index in [1.807, 2.05) is 36.0 Å². The molecule has 1 aromatic carbocycles. The van der Waals surface area contributed by atoms with Gasteiger partial charge in [0.15, 0.2) is 5.96 Å². The lowest BCUT2D eigenvalue weighted by molar-refractivity contribution is 0.0783. The first-order valence-electron chi connectivity index (χ1n) is 9.19. The molecule has 1 fully saturated rings. The molecule has 0 bridgehead atoms. The number of aliphatic imine (C=N–C) groups is 1. The van der Waals surface area contributed by atoms with Crippen LogP contribution < -0.4 is 15.4 Å². The van der Waals surface area contributed by atoms with Crippen LogP contribution in [0.15, 0.2) is 41.9 Å². The first-order valence-corrected chi connectivity index (χ1v) is 10.4. The molecule has 2 rings (SSSR count). The van der Waals surface area contributed by atoms with E-state index < -0.39 is 0 Å². The highest BCUT2D eigenvalue weighted by Crippen LogP contribution is 2.32. The molecule has 1 saturated heterocycles. The van der Waals surface area contributed by atoms with Gasteiger partial charge in [-0.05, 0) is 32.1 Å². The molecule has 1 heterocycles. The van der Waals surface area contributed by atoms with Crippen molar-refractivity contribution in [2.45, 2.75) is 31.1 Å². The van der Waals surface area contributed by atoms with E-state index >= 15 is 0 Å². The minimum Gasteiger partial charge on any atom is -0.489 e. The van der Waals surface area contributed by atoms with Crippen molar-refractivity contribution in [2.75, 3.05) is 39.2 Å². The summed E-state index contributed by atoms with van der Waals surface area (Å²) in [4.78, 5) is 4.75. The van der Waals surface area contributed by atoms with Crippen LogP contribution in [0.1, 0.15) is 25.3 Å². The van der Waals surface area contributed by atoms with E-state index in [4.69, 9.17) is 14.5 Å². The van der Waals surface area contributed by atoms with Gasteiger partial charge in [-0.25, -0.2) is 4.99 Å². The number of hydrogen-bond acceptors (Lipinski definition) is 4. The van der Waals surface area contributed by atoms with Crippen molar-refractivity contribution < 1.29 is 9.47 Å². The largest absolute Gasteiger partial charge is 0.489 e. The monoisotopic (exact) mass is 377 g/mol. The molecule has 0 unspecified atom stereocenters. The van der Waals surface area contributed by atoms with E-state index in [-0.39, 0.29) is 4.75 Å². The van der Waals surface area contributed by atoms with Crippen molar-refractivity contribution in [1.82, 2.24) is 10.6 Å². The normalized spacial score (nSPS) is 16.8. The van der Waals surface area contributed by atoms with Gasteiger partial charge < -0.3 is 20.1 Å². The van der Waals surface area contributed by atoms with Gasteiger partial charge in [0.2, 0.25) is 0 Å². The van der Waals surface area contributed by atoms with Crippen LogP contribution in [0.4, 0.5) is 0 Å². The molecule has 0 aliphatic carbocycles. The predicted molar refractivity (Wildman–Crippen MR) is 111 cm³/mol. The molecule has 0 amide bonds. The molecule has 2 N–H and O–H groups in total. The number of guanidine groups is 1. The number of para-hydroxylation sites is 1. The van der Waals surface area contributed by atoms with E-state index in [1.165, 1.54) is 0 Å². The third-order valence-electron chi connectivity index (χ3n) is 4.50. The minimum absolute atomic E-state index is 0.222. The molecule has 0 spiro atoms. The van der Waals surface area contributed by atoms with E-state index in [0.29, 0.717) is 13.2 Å². The first-order chi connectivity index (χ1) is 12.7. The van der Waals surface area contributed by atoms with Crippen LogP contribution in [-0.4, -0.2) is 49.9 Å². The molecule has 0 aromatic heterocycles. The topological polar surface area (TPSA) is 54.9 Å². The fourth-order valence-corrected chi connectivity index (χ4v) is 3.66. The Morgan fingerprint density at radius 3 is 2.81 bits per heavy atom. The van der Waals surface area contributed by atoms with Crippen molar-refractivity contribution in [3.63, 3.8) is 0 Å². The van der Waals surface area contributed by atoms with E-state index in [9.17, 15) is 0 Å². The number of benzene rings is 1. The summed E-state index contributed by atoms with van der Waals surface area (Å²) in [5, 5.41) is 6.86. The molecule has 1 aliphatic heterocycles. The summed E-state index contributed by atoms with van der Waals surface area (Å²) in [5.74, 6) is 1.70. The second kappa shape index (κ2) is 11.1. The molecule has 0 radical (unpaired) electrons. The number of nitrogens with zero attached hydrogens (tertiary/aromatic N) is 1. The SMILES string of the molecule is C=CCOc1ccccc1CN=C(NCC)NCC1(SC)CCOCC1. The van der Waals surface area contributed by atoms with Gasteiger partial charge in [-0.2, -0.15) is 11.8 Å². The van der Waals surface area contributed by atoms with Crippen LogP contribution in [-0.2, 0) is 11.3 Å². The number of ether oxygens (including phenoxy) is 2. The smallest absolute Gasteiger partial charge is 0.191 e. The average Bonchev–Trinajstić information content (AvgIpc) is 2.70. The van der Waals surface area contributed by atoms with Gasteiger partial charge in [0.1, 0.15) is 12.4 Å². The minimum atomic E-state index is 0.222. The lowest BCUT2D eigenvalue weighted by atomic mass is 9.99. The number of rotatable bonds is 9. The summed E-state index contributed by atoms with van der Waals surface area (Å²) in [6.07, 6.45) is 6.07. The van der Waals surface area contributed by atoms with Gasteiger partial charge in [-0.3, -0.25) is 0 Å². The maximum atomic E-state index is 5.72. The zero-order chi connectivity index (χ0) is 18.7. The quantitative estimate of drug-likeness (QED) is 0.393. The summed E-state index contributed by atoms with van der Waals surface area (Å²) < 4.78 is 11.5. The highest BCUT2D eigenvalue weighted by atomic mass is 32.2. The van der Waals surface area contributed by atoms with Crippen molar-refractivity contribution in [1.29, 1.82) is 0 Å². The maximum Gasteiger partial charge on any atom is 0.191 e. The molecule has 0 atom stereocenters. The van der Waals surface area contributed by atoms with Crippen LogP contribution in [0.2, 0.25) is 0 Å². The molecule has 1 aromatic rings. The Labute approximate surface area is 161 Å². The van der Waals surface area contributed by atoms with Gasteiger partial charge in [-0.1, -0.05) is 30.9 Å². The van der Waals surface area contributed by atoms with Gasteiger partial charge in [0.25, 0.3) is 0 Å². The Kier molecular flexibility index (Phi) is 8.85. The fraction of sp³-hybridized carbons (Fsp3) is 0.550. The Hall–Kier alpha value is -1.66. The maximum absolute atomic E-state index is 5.72.